The highest BCUT2D eigenvalue weighted by atomic mass is 16.1. The molecule has 6 nitrogen and oxygen atoms in total. The molecule has 3 aromatic heterocycles. The van der Waals surface area contributed by atoms with Gasteiger partial charge >= 0.3 is 0 Å². The summed E-state index contributed by atoms with van der Waals surface area (Å²) in [6.07, 6.45) is 5.33. The maximum absolute atomic E-state index is 11.8. The van der Waals surface area contributed by atoms with E-state index >= 15 is 0 Å². The fourth-order valence-corrected chi connectivity index (χ4v) is 1.83. The van der Waals surface area contributed by atoms with Gasteiger partial charge in [0.25, 0.3) is 5.56 Å². The third-order valence-corrected chi connectivity index (χ3v) is 2.61. The Hall–Kier alpha value is -2.37. The van der Waals surface area contributed by atoms with Gasteiger partial charge in [0.2, 0.25) is 0 Å². The van der Waals surface area contributed by atoms with Crippen LogP contribution in [-0.4, -0.2) is 24.4 Å². The summed E-state index contributed by atoms with van der Waals surface area (Å²) < 4.78 is 3.28. The van der Waals surface area contributed by atoms with Crippen LogP contribution in [0.15, 0.2) is 29.5 Å². The molecule has 0 radical (unpaired) electrons. The fourth-order valence-electron chi connectivity index (χ4n) is 1.83. The minimum atomic E-state index is -0.146. The van der Waals surface area contributed by atoms with Crippen molar-refractivity contribution in [3.05, 3.63) is 40.7 Å². The molecule has 0 unspecified atom stereocenters. The quantitative estimate of drug-likeness (QED) is 0.669. The van der Waals surface area contributed by atoms with Gasteiger partial charge in [-0.15, -0.1) is 0 Å². The fraction of sp³-hybridized carbons (Fsp3) is 0.182. The first-order valence-electron chi connectivity index (χ1n) is 5.22. The number of aromatic amines is 1. The first-order valence-corrected chi connectivity index (χ1v) is 5.22. The number of hydrogen-bond acceptors (Lipinski definition) is 3. The van der Waals surface area contributed by atoms with Crippen molar-refractivity contribution in [3.63, 3.8) is 0 Å². The summed E-state index contributed by atoms with van der Waals surface area (Å²) >= 11 is 0. The molecule has 3 aromatic rings. The van der Waals surface area contributed by atoms with Crippen LogP contribution in [0.2, 0.25) is 0 Å². The molecular formula is C11H11N5O. The molecule has 0 aliphatic heterocycles. The highest BCUT2D eigenvalue weighted by Gasteiger charge is 2.07. The Balaban J connectivity index is 2.28. The number of nitrogens with zero attached hydrogens (tertiary/aromatic N) is 4. The van der Waals surface area contributed by atoms with Crippen LogP contribution >= 0.6 is 0 Å². The Morgan fingerprint density at radius 2 is 2.18 bits per heavy atom. The van der Waals surface area contributed by atoms with Crippen LogP contribution in [0.1, 0.15) is 5.69 Å². The highest BCUT2D eigenvalue weighted by molar-refractivity contribution is 5.58. The topological polar surface area (TPSA) is 68.0 Å². The number of fused-ring (bicyclic) bond motifs is 1. The van der Waals surface area contributed by atoms with E-state index in [1.807, 2.05) is 20.2 Å². The Morgan fingerprint density at radius 3 is 2.88 bits per heavy atom. The van der Waals surface area contributed by atoms with E-state index < -0.39 is 0 Å². The summed E-state index contributed by atoms with van der Waals surface area (Å²) in [6, 6.07) is 1.76. The van der Waals surface area contributed by atoms with Crippen molar-refractivity contribution in [3.8, 4) is 11.3 Å². The van der Waals surface area contributed by atoms with Gasteiger partial charge in [-0.25, -0.2) is 4.52 Å². The molecule has 0 aliphatic carbocycles. The van der Waals surface area contributed by atoms with Crippen molar-refractivity contribution in [2.24, 2.45) is 7.05 Å². The van der Waals surface area contributed by atoms with Crippen LogP contribution in [0.5, 0.6) is 0 Å². The highest BCUT2D eigenvalue weighted by Crippen LogP contribution is 2.14. The molecule has 86 valence electrons. The van der Waals surface area contributed by atoms with E-state index in [1.165, 1.54) is 0 Å². The summed E-state index contributed by atoms with van der Waals surface area (Å²) in [7, 11) is 1.83. The third kappa shape index (κ3) is 1.54. The first-order chi connectivity index (χ1) is 8.13. The lowest BCUT2D eigenvalue weighted by atomic mass is 10.3. The van der Waals surface area contributed by atoms with E-state index in [4.69, 9.17) is 0 Å². The van der Waals surface area contributed by atoms with Crippen LogP contribution in [0, 0.1) is 6.92 Å². The Kier molecular flexibility index (Phi) is 1.91. The van der Waals surface area contributed by atoms with E-state index in [1.54, 1.807) is 27.7 Å². The molecule has 17 heavy (non-hydrogen) atoms. The number of H-pyrrole nitrogens is 1. The van der Waals surface area contributed by atoms with E-state index in [0.717, 1.165) is 11.3 Å². The lowest BCUT2D eigenvalue weighted by Gasteiger charge is -1.98. The second-order valence-corrected chi connectivity index (χ2v) is 4.02. The average Bonchev–Trinajstić information content (AvgIpc) is 2.83. The van der Waals surface area contributed by atoms with E-state index in [0.29, 0.717) is 11.2 Å². The predicted molar refractivity (Wildman–Crippen MR) is 62.8 cm³/mol. The van der Waals surface area contributed by atoms with Gasteiger partial charge in [-0.05, 0) is 13.0 Å². The maximum Gasteiger partial charge on any atom is 0.274 e. The maximum atomic E-state index is 11.8. The van der Waals surface area contributed by atoms with Crippen LogP contribution in [-0.2, 0) is 7.05 Å². The lowest BCUT2D eigenvalue weighted by molar-refractivity contribution is 0.768. The van der Waals surface area contributed by atoms with Gasteiger partial charge in [0.1, 0.15) is 5.52 Å². The van der Waals surface area contributed by atoms with Gasteiger partial charge < -0.3 is 4.98 Å². The van der Waals surface area contributed by atoms with Crippen molar-refractivity contribution in [2.45, 2.75) is 6.92 Å². The molecule has 0 atom stereocenters. The lowest BCUT2D eigenvalue weighted by Crippen LogP contribution is -2.10. The second kappa shape index (κ2) is 3.31. The van der Waals surface area contributed by atoms with Crippen molar-refractivity contribution in [2.75, 3.05) is 0 Å². The average molecular weight is 229 g/mol. The van der Waals surface area contributed by atoms with Gasteiger partial charge in [-0.1, -0.05) is 0 Å². The summed E-state index contributed by atoms with van der Waals surface area (Å²) in [6.45, 7) is 1.86. The van der Waals surface area contributed by atoms with Crippen LogP contribution in [0.4, 0.5) is 0 Å². The van der Waals surface area contributed by atoms with Crippen LogP contribution in [0.3, 0.4) is 0 Å². The molecule has 1 N–H and O–H groups in total. The molecule has 0 saturated heterocycles. The molecule has 0 fully saturated rings. The molecule has 0 saturated carbocycles. The van der Waals surface area contributed by atoms with Gasteiger partial charge in [0, 0.05) is 18.8 Å². The third-order valence-electron chi connectivity index (χ3n) is 2.61. The molecule has 0 amide bonds. The number of hydrogen-bond donors (Lipinski definition) is 1. The molecule has 0 aromatic carbocycles. The number of rotatable bonds is 1. The SMILES string of the molecule is Cc1cc2c(=O)[nH]c(-c3cnn(C)c3)cn2n1. The molecular weight excluding hydrogens is 218 g/mol. The monoisotopic (exact) mass is 229 g/mol. The van der Waals surface area contributed by atoms with Crippen molar-refractivity contribution in [1.29, 1.82) is 0 Å². The molecule has 6 heteroatoms. The van der Waals surface area contributed by atoms with Gasteiger partial charge in [0.15, 0.2) is 0 Å². The van der Waals surface area contributed by atoms with E-state index in [-0.39, 0.29) is 5.56 Å². The zero-order chi connectivity index (χ0) is 12.0. The minimum absolute atomic E-state index is 0.146. The van der Waals surface area contributed by atoms with Crippen molar-refractivity contribution in [1.82, 2.24) is 24.4 Å². The first kappa shape index (κ1) is 9.83. The predicted octanol–water partition coefficient (Wildman–Crippen LogP) is 0.732. The summed E-state index contributed by atoms with van der Waals surface area (Å²) in [5.41, 5.74) is 2.79. The Morgan fingerprint density at radius 1 is 1.35 bits per heavy atom. The van der Waals surface area contributed by atoms with Crippen molar-refractivity contribution < 1.29 is 0 Å². The molecule has 0 aliphatic rings. The van der Waals surface area contributed by atoms with Crippen LogP contribution in [0.25, 0.3) is 16.8 Å². The normalized spacial score (nSPS) is 11.2. The van der Waals surface area contributed by atoms with Gasteiger partial charge in [-0.3, -0.25) is 9.48 Å². The zero-order valence-electron chi connectivity index (χ0n) is 9.51. The largest absolute Gasteiger partial charge is 0.319 e. The summed E-state index contributed by atoms with van der Waals surface area (Å²) in [4.78, 5) is 14.7. The molecule has 0 bridgehead atoms. The van der Waals surface area contributed by atoms with Gasteiger partial charge in [0.05, 0.1) is 23.8 Å². The standard InChI is InChI=1S/C11H11N5O/c1-7-3-10-11(17)13-9(6-16(10)14-7)8-4-12-15(2)5-8/h3-6H,1-2H3,(H,13,17). The second-order valence-electron chi connectivity index (χ2n) is 4.02. The zero-order valence-corrected chi connectivity index (χ0v) is 9.51. The minimum Gasteiger partial charge on any atom is -0.319 e. The number of aryl methyl sites for hydroxylation is 2. The van der Waals surface area contributed by atoms with E-state index in [9.17, 15) is 4.79 Å². The Bertz CT molecular complexity index is 749. The Labute approximate surface area is 96.5 Å². The summed E-state index contributed by atoms with van der Waals surface area (Å²) in [5, 5.41) is 8.31. The molecule has 3 heterocycles. The number of aromatic nitrogens is 5. The smallest absolute Gasteiger partial charge is 0.274 e. The summed E-state index contributed by atoms with van der Waals surface area (Å²) in [5.74, 6) is 0. The molecule has 3 rings (SSSR count). The van der Waals surface area contributed by atoms with E-state index in [2.05, 4.69) is 15.2 Å². The molecule has 0 spiro atoms. The van der Waals surface area contributed by atoms with Crippen LogP contribution < -0.4 is 5.56 Å². The van der Waals surface area contributed by atoms with Crippen molar-refractivity contribution >= 4 is 5.52 Å². The number of nitrogens with one attached hydrogen (secondary N) is 1. The van der Waals surface area contributed by atoms with Gasteiger partial charge in [-0.2, -0.15) is 10.2 Å².